The van der Waals surface area contributed by atoms with E-state index in [1.54, 1.807) is 13.2 Å². The Hall–Kier alpha value is -2.32. The third kappa shape index (κ3) is 4.23. The fourth-order valence-corrected chi connectivity index (χ4v) is 13.1. The zero-order valence-corrected chi connectivity index (χ0v) is 22.0. The molecule has 157 valence electrons. The molecule has 0 bridgehead atoms. The Morgan fingerprint density at radius 2 is 1.06 bits per heavy atom. The van der Waals surface area contributed by atoms with Crippen LogP contribution in [0.25, 0.3) is 0 Å². The number of allylic oxidation sites excluding steroid dienone is 4. The summed E-state index contributed by atoms with van der Waals surface area (Å²) in [5, 5.41) is 0. The minimum atomic E-state index is -2.04. The van der Waals surface area contributed by atoms with Gasteiger partial charge in [-0.3, -0.25) is 0 Å². The molecule has 0 spiro atoms. The standard InChI is InChI=1S/C30H33Ge/c1-19-13-22(4)29(23(5)14-19)31(30-24(6)15-20(2)16-25(30)7)28-18-21(3)17-27(28)26-11-9-8-10-12-26/h8-18,27H,1-7H3. The molecule has 0 aliphatic heterocycles. The van der Waals surface area contributed by atoms with Gasteiger partial charge < -0.3 is 0 Å². The van der Waals surface area contributed by atoms with E-state index in [9.17, 15) is 0 Å². The monoisotopic (exact) mass is 467 g/mol. The molecule has 1 aliphatic carbocycles. The Morgan fingerprint density at radius 3 is 1.52 bits per heavy atom. The van der Waals surface area contributed by atoms with E-state index in [0.29, 0.717) is 5.92 Å². The molecule has 0 heterocycles. The van der Waals surface area contributed by atoms with Gasteiger partial charge in [0.05, 0.1) is 0 Å². The van der Waals surface area contributed by atoms with Crippen molar-refractivity contribution in [1.29, 1.82) is 0 Å². The Balaban J connectivity index is 2.00. The third-order valence-corrected chi connectivity index (χ3v) is 14.0. The summed E-state index contributed by atoms with van der Waals surface area (Å²) in [6, 6.07) is 20.6. The topological polar surface area (TPSA) is 0 Å². The summed E-state index contributed by atoms with van der Waals surface area (Å²) in [6.07, 6.45) is 5.00. The molecule has 3 aromatic carbocycles. The first-order chi connectivity index (χ1) is 14.8. The summed E-state index contributed by atoms with van der Waals surface area (Å²) in [5.74, 6) is 0.386. The van der Waals surface area contributed by atoms with Crippen LogP contribution in [0.5, 0.6) is 0 Å². The Morgan fingerprint density at radius 1 is 0.613 bits per heavy atom. The molecular formula is C30H33Ge. The average molecular weight is 466 g/mol. The van der Waals surface area contributed by atoms with E-state index in [4.69, 9.17) is 0 Å². The first kappa shape index (κ1) is 21.9. The van der Waals surface area contributed by atoms with Gasteiger partial charge in [-0.05, 0) is 0 Å². The molecule has 4 rings (SSSR count). The molecule has 0 nitrogen and oxygen atoms in total. The van der Waals surface area contributed by atoms with E-state index in [-0.39, 0.29) is 0 Å². The predicted octanol–water partition coefficient (Wildman–Crippen LogP) is 6.36. The van der Waals surface area contributed by atoms with Crippen molar-refractivity contribution in [1.82, 2.24) is 0 Å². The van der Waals surface area contributed by atoms with E-state index < -0.39 is 14.3 Å². The maximum absolute atomic E-state index is 2.52. The molecule has 1 atom stereocenters. The summed E-state index contributed by atoms with van der Waals surface area (Å²) in [6.45, 7) is 16.0. The van der Waals surface area contributed by atoms with Crippen molar-refractivity contribution >= 4 is 23.1 Å². The Labute approximate surface area is 192 Å². The molecule has 1 radical (unpaired) electrons. The van der Waals surface area contributed by atoms with Crippen molar-refractivity contribution in [2.75, 3.05) is 0 Å². The van der Waals surface area contributed by atoms with E-state index in [0.717, 1.165) is 0 Å². The molecule has 0 fully saturated rings. The summed E-state index contributed by atoms with van der Waals surface area (Å²) in [4.78, 5) is 0. The second-order valence-electron chi connectivity index (χ2n) is 9.32. The van der Waals surface area contributed by atoms with Crippen LogP contribution >= 0.6 is 0 Å². The zero-order chi connectivity index (χ0) is 22.3. The van der Waals surface area contributed by atoms with Gasteiger partial charge in [-0.1, -0.05) is 0 Å². The average Bonchev–Trinajstić information content (AvgIpc) is 3.07. The summed E-state index contributed by atoms with van der Waals surface area (Å²) >= 11 is -2.04. The fraction of sp³-hybridized carbons (Fsp3) is 0.267. The predicted molar refractivity (Wildman–Crippen MR) is 137 cm³/mol. The van der Waals surface area contributed by atoms with Crippen LogP contribution in [-0.2, 0) is 0 Å². The number of aryl methyl sites for hydroxylation is 6. The van der Waals surface area contributed by atoms with Crippen LogP contribution in [0, 0.1) is 41.5 Å². The molecule has 0 saturated carbocycles. The molecule has 1 aliphatic rings. The van der Waals surface area contributed by atoms with Crippen molar-refractivity contribution in [3.63, 3.8) is 0 Å². The van der Waals surface area contributed by atoms with Crippen molar-refractivity contribution in [3.8, 4) is 0 Å². The number of hydrogen-bond donors (Lipinski definition) is 0. The molecule has 0 saturated heterocycles. The van der Waals surface area contributed by atoms with Crippen molar-refractivity contribution < 1.29 is 0 Å². The van der Waals surface area contributed by atoms with Crippen molar-refractivity contribution in [2.24, 2.45) is 0 Å². The molecular weight excluding hydrogens is 433 g/mol. The molecule has 0 N–H and O–H groups in total. The minimum absolute atomic E-state index is 0.386. The van der Waals surface area contributed by atoms with Crippen LogP contribution in [0.4, 0.5) is 0 Å². The van der Waals surface area contributed by atoms with Crippen LogP contribution in [0.15, 0.2) is 76.7 Å². The van der Waals surface area contributed by atoms with E-state index in [2.05, 4.69) is 115 Å². The van der Waals surface area contributed by atoms with Crippen LogP contribution in [0.1, 0.15) is 51.8 Å². The summed E-state index contributed by atoms with van der Waals surface area (Å²) in [5.41, 5.74) is 11.4. The fourth-order valence-electron chi connectivity index (χ4n) is 5.46. The molecule has 1 heteroatoms. The number of rotatable bonds is 4. The SMILES string of the molecule is CC1=CC(c2ccccc2)[C]([Ge]([c]2c(C)cc(C)cc2C)[c]2c(C)cc(C)cc2C)=C1. The van der Waals surface area contributed by atoms with E-state index in [1.807, 2.05) is 0 Å². The van der Waals surface area contributed by atoms with Gasteiger partial charge in [-0.2, -0.15) is 0 Å². The first-order valence-electron chi connectivity index (χ1n) is 11.2. The van der Waals surface area contributed by atoms with Gasteiger partial charge in [0.1, 0.15) is 0 Å². The molecule has 0 amide bonds. The second-order valence-corrected chi connectivity index (χ2v) is 14.2. The van der Waals surface area contributed by atoms with Gasteiger partial charge >= 0.3 is 193 Å². The second kappa shape index (κ2) is 8.67. The Kier molecular flexibility index (Phi) is 6.12. The quantitative estimate of drug-likeness (QED) is 0.393. The van der Waals surface area contributed by atoms with E-state index >= 15 is 0 Å². The van der Waals surface area contributed by atoms with Gasteiger partial charge in [0, 0.05) is 0 Å². The summed E-state index contributed by atoms with van der Waals surface area (Å²) < 4.78 is 4.93. The van der Waals surface area contributed by atoms with Crippen LogP contribution in [0.3, 0.4) is 0 Å². The number of hydrogen-bond acceptors (Lipinski definition) is 0. The van der Waals surface area contributed by atoms with Gasteiger partial charge in [-0.25, -0.2) is 0 Å². The normalized spacial score (nSPS) is 15.9. The van der Waals surface area contributed by atoms with E-state index in [1.165, 1.54) is 44.5 Å². The van der Waals surface area contributed by atoms with Crippen molar-refractivity contribution in [2.45, 2.75) is 54.4 Å². The molecule has 0 aromatic heterocycles. The van der Waals surface area contributed by atoms with Gasteiger partial charge in [0.25, 0.3) is 0 Å². The first-order valence-corrected chi connectivity index (χ1v) is 14.4. The molecule has 31 heavy (non-hydrogen) atoms. The Bertz CT molecular complexity index is 1090. The van der Waals surface area contributed by atoms with Gasteiger partial charge in [0.15, 0.2) is 0 Å². The van der Waals surface area contributed by atoms with Gasteiger partial charge in [-0.15, -0.1) is 0 Å². The number of benzene rings is 3. The van der Waals surface area contributed by atoms with Gasteiger partial charge in [0.2, 0.25) is 0 Å². The van der Waals surface area contributed by atoms with Crippen molar-refractivity contribution in [3.05, 3.63) is 116 Å². The third-order valence-electron chi connectivity index (χ3n) is 6.45. The molecule has 1 unspecified atom stereocenters. The van der Waals surface area contributed by atoms with Crippen LogP contribution < -0.4 is 8.79 Å². The molecule has 3 aromatic rings. The summed E-state index contributed by atoms with van der Waals surface area (Å²) in [7, 11) is 0. The maximum atomic E-state index is 2.52. The van der Waals surface area contributed by atoms with Crippen LogP contribution in [-0.4, -0.2) is 14.3 Å². The van der Waals surface area contributed by atoms with Crippen LogP contribution in [0.2, 0.25) is 0 Å². The zero-order valence-electron chi connectivity index (χ0n) is 19.9.